The molecule has 0 fully saturated rings. The van der Waals surface area contributed by atoms with E-state index >= 15 is 0 Å². The third-order valence-corrected chi connectivity index (χ3v) is 4.75. The van der Waals surface area contributed by atoms with Gasteiger partial charge in [0.1, 0.15) is 11.3 Å². The number of benzene rings is 1. The third-order valence-electron chi connectivity index (χ3n) is 4.75. The van der Waals surface area contributed by atoms with Crippen LogP contribution in [0.2, 0.25) is 0 Å². The summed E-state index contributed by atoms with van der Waals surface area (Å²) in [5.74, 6) is 0.674. The van der Waals surface area contributed by atoms with Crippen LogP contribution >= 0.6 is 0 Å². The Kier molecular flexibility index (Phi) is 5.30. The molecular weight excluding hydrogens is 342 g/mol. The van der Waals surface area contributed by atoms with Crippen LogP contribution in [0.3, 0.4) is 0 Å². The van der Waals surface area contributed by atoms with Crippen LogP contribution in [0.1, 0.15) is 23.9 Å². The number of ether oxygens (including phenoxy) is 1. The van der Waals surface area contributed by atoms with Crippen LogP contribution < -0.4 is 15.4 Å². The number of rotatable bonds is 5. The predicted molar refractivity (Wildman–Crippen MR) is 106 cm³/mol. The van der Waals surface area contributed by atoms with Gasteiger partial charge in [-0.2, -0.15) is 5.10 Å². The van der Waals surface area contributed by atoms with Crippen molar-refractivity contribution in [1.29, 1.82) is 0 Å². The fourth-order valence-electron chi connectivity index (χ4n) is 3.27. The molecule has 0 aliphatic carbocycles. The van der Waals surface area contributed by atoms with Gasteiger partial charge in [0.2, 0.25) is 0 Å². The molecular formula is C20H25N5O2. The van der Waals surface area contributed by atoms with Gasteiger partial charge in [-0.3, -0.25) is 9.67 Å². The van der Waals surface area contributed by atoms with Crippen LogP contribution in [0.5, 0.6) is 5.75 Å². The van der Waals surface area contributed by atoms with E-state index in [1.165, 1.54) is 5.56 Å². The van der Waals surface area contributed by atoms with E-state index in [9.17, 15) is 4.79 Å². The largest absolute Gasteiger partial charge is 0.494 e. The molecule has 27 heavy (non-hydrogen) atoms. The number of urea groups is 1. The minimum Gasteiger partial charge on any atom is -0.494 e. The van der Waals surface area contributed by atoms with Crippen molar-refractivity contribution < 1.29 is 9.53 Å². The lowest BCUT2D eigenvalue weighted by molar-refractivity contribution is 0.249. The molecule has 7 nitrogen and oxygen atoms in total. The quantitative estimate of drug-likeness (QED) is 0.725. The minimum atomic E-state index is -0.253. The number of carbonyl (C=O) groups excluding carboxylic acids is 1. The number of nitrogens with zero attached hydrogens (tertiary/aromatic N) is 3. The molecule has 0 radical (unpaired) electrons. The predicted octanol–water partition coefficient (Wildman–Crippen LogP) is 3.35. The molecule has 7 heteroatoms. The lowest BCUT2D eigenvalue weighted by Gasteiger charge is -2.16. The number of aryl methyl sites for hydroxylation is 2. The maximum Gasteiger partial charge on any atom is 0.319 e. The molecule has 0 unspecified atom stereocenters. The van der Waals surface area contributed by atoms with Gasteiger partial charge in [-0.05, 0) is 57.0 Å². The van der Waals surface area contributed by atoms with E-state index in [0.717, 1.165) is 23.2 Å². The molecule has 0 saturated heterocycles. The molecule has 2 amide bonds. The SMILES string of the molecule is COc1ccc(NC(=O)N[C@H](C)Cc2c(C)nn(C)c2C)c2cccnc12. The van der Waals surface area contributed by atoms with Gasteiger partial charge in [-0.25, -0.2) is 4.79 Å². The van der Waals surface area contributed by atoms with Crippen molar-refractivity contribution in [1.82, 2.24) is 20.1 Å². The first kappa shape index (κ1) is 18.7. The van der Waals surface area contributed by atoms with E-state index in [2.05, 4.69) is 20.7 Å². The second-order valence-electron chi connectivity index (χ2n) is 6.69. The van der Waals surface area contributed by atoms with E-state index < -0.39 is 0 Å². The summed E-state index contributed by atoms with van der Waals surface area (Å²) < 4.78 is 7.21. The van der Waals surface area contributed by atoms with Gasteiger partial charge in [-0.1, -0.05) is 0 Å². The molecule has 0 bridgehead atoms. The fourth-order valence-corrected chi connectivity index (χ4v) is 3.27. The highest BCUT2D eigenvalue weighted by Gasteiger charge is 2.16. The molecule has 2 heterocycles. The average molecular weight is 367 g/mol. The first-order valence-corrected chi connectivity index (χ1v) is 8.89. The van der Waals surface area contributed by atoms with Gasteiger partial charge in [0.15, 0.2) is 0 Å². The Morgan fingerprint density at radius 3 is 2.74 bits per heavy atom. The monoisotopic (exact) mass is 367 g/mol. The maximum atomic E-state index is 12.5. The van der Waals surface area contributed by atoms with Gasteiger partial charge in [0, 0.05) is 30.4 Å². The van der Waals surface area contributed by atoms with Crippen LogP contribution in [0.15, 0.2) is 30.5 Å². The van der Waals surface area contributed by atoms with E-state index in [4.69, 9.17) is 4.74 Å². The van der Waals surface area contributed by atoms with E-state index in [1.54, 1.807) is 19.4 Å². The van der Waals surface area contributed by atoms with E-state index in [0.29, 0.717) is 17.0 Å². The zero-order chi connectivity index (χ0) is 19.6. The highest BCUT2D eigenvalue weighted by Crippen LogP contribution is 2.29. The zero-order valence-corrected chi connectivity index (χ0v) is 16.3. The summed E-state index contributed by atoms with van der Waals surface area (Å²) in [5.41, 5.74) is 4.69. The number of hydrogen-bond acceptors (Lipinski definition) is 4. The molecule has 1 aromatic carbocycles. The number of carbonyl (C=O) groups is 1. The lowest BCUT2D eigenvalue weighted by Crippen LogP contribution is -2.37. The summed E-state index contributed by atoms with van der Waals surface area (Å²) in [6.45, 7) is 6.02. The summed E-state index contributed by atoms with van der Waals surface area (Å²) in [7, 11) is 3.53. The minimum absolute atomic E-state index is 0.0331. The number of aromatic nitrogens is 3. The Bertz CT molecular complexity index is 980. The van der Waals surface area contributed by atoms with Crippen molar-refractivity contribution in [3.05, 3.63) is 47.4 Å². The topological polar surface area (TPSA) is 81.1 Å². The standard InChI is InChI=1S/C20H25N5O2/c1-12(11-16-13(2)24-25(4)14(16)3)22-20(26)23-17-8-9-18(27-5)19-15(17)7-6-10-21-19/h6-10,12H,11H2,1-5H3,(H2,22,23,26)/t12-/m1/s1. The average Bonchev–Trinajstić information content (AvgIpc) is 2.88. The number of anilines is 1. The molecule has 2 N–H and O–H groups in total. The summed E-state index contributed by atoms with van der Waals surface area (Å²) in [5, 5.41) is 11.2. The number of pyridine rings is 1. The van der Waals surface area contributed by atoms with Crippen LogP contribution in [0.4, 0.5) is 10.5 Å². The molecule has 0 spiro atoms. The highest BCUT2D eigenvalue weighted by atomic mass is 16.5. The Hall–Kier alpha value is -3.09. The Morgan fingerprint density at radius 2 is 2.07 bits per heavy atom. The number of nitrogens with one attached hydrogen (secondary N) is 2. The molecule has 0 aliphatic heterocycles. The van der Waals surface area contributed by atoms with Crippen LogP contribution in [0.25, 0.3) is 10.9 Å². The number of hydrogen-bond donors (Lipinski definition) is 2. The molecule has 1 atom stereocenters. The van der Waals surface area contributed by atoms with Gasteiger partial charge >= 0.3 is 6.03 Å². The maximum absolute atomic E-state index is 12.5. The first-order valence-electron chi connectivity index (χ1n) is 8.89. The molecule has 142 valence electrons. The van der Waals surface area contributed by atoms with Crippen molar-refractivity contribution in [3.63, 3.8) is 0 Å². The van der Waals surface area contributed by atoms with Gasteiger partial charge < -0.3 is 15.4 Å². The smallest absolute Gasteiger partial charge is 0.319 e. The van der Waals surface area contributed by atoms with Crippen LogP contribution in [-0.4, -0.2) is 33.9 Å². The van der Waals surface area contributed by atoms with Crippen molar-refractivity contribution in [3.8, 4) is 5.75 Å². The number of methoxy groups -OCH3 is 1. The Labute approximate surface area is 158 Å². The molecule has 3 aromatic rings. The van der Waals surface area contributed by atoms with Gasteiger partial charge in [0.05, 0.1) is 18.5 Å². The summed E-state index contributed by atoms with van der Waals surface area (Å²) in [4.78, 5) is 16.8. The lowest BCUT2D eigenvalue weighted by atomic mass is 10.1. The van der Waals surface area contributed by atoms with Crippen molar-refractivity contribution in [2.75, 3.05) is 12.4 Å². The Morgan fingerprint density at radius 1 is 1.30 bits per heavy atom. The number of fused-ring (bicyclic) bond motifs is 1. The second kappa shape index (κ2) is 7.65. The first-order chi connectivity index (χ1) is 12.9. The van der Waals surface area contributed by atoms with Crippen molar-refractivity contribution in [2.45, 2.75) is 33.2 Å². The van der Waals surface area contributed by atoms with Crippen LogP contribution in [0, 0.1) is 13.8 Å². The van der Waals surface area contributed by atoms with Gasteiger partial charge in [0.25, 0.3) is 0 Å². The number of amides is 2. The normalized spacial score (nSPS) is 12.0. The van der Waals surface area contributed by atoms with Crippen molar-refractivity contribution >= 4 is 22.6 Å². The van der Waals surface area contributed by atoms with E-state index in [1.807, 2.05) is 50.7 Å². The Balaban J connectivity index is 1.72. The summed E-state index contributed by atoms with van der Waals surface area (Å²) in [6.07, 6.45) is 2.43. The van der Waals surface area contributed by atoms with E-state index in [-0.39, 0.29) is 12.1 Å². The highest BCUT2D eigenvalue weighted by molar-refractivity contribution is 6.02. The summed E-state index contributed by atoms with van der Waals surface area (Å²) >= 11 is 0. The second-order valence-corrected chi connectivity index (χ2v) is 6.69. The molecule has 2 aromatic heterocycles. The third kappa shape index (κ3) is 3.86. The molecule has 0 aliphatic rings. The van der Waals surface area contributed by atoms with Crippen LogP contribution in [-0.2, 0) is 13.5 Å². The summed E-state index contributed by atoms with van der Waals surface area (Å²) in [6, 6.07) is 7.08. The van der Waals surface area contributed by atoms with Gasteiger partial charge in [-0.15, -0.1) is 0 Å². The van der Waals surface area contributed by atoms with Crippen molar-refractivity contribution in [2.24, 2.45) is 7.05 Å². The molecule has 0 saturated carbocycles. The zero-order valence-electron chi connectivity index (χ0n) is 16.3. The fraction of sp³-hybridized carbons (Fsp3) is 0.350. The molecule has 3 rings (SSSR count).